The van der Waals surface area contributed by atoms with E-state index in [0.717, 1.165) is 21.0 Å². The highest BCUT2D eigenvalue weighted by molar-refractivity contribution is 7.18. The van der Waals surface area contributed by atoms with Crippen molar-refractivity contribution >= 4 is 27.4 Å². The molecule has 4 heteroatoms. The topological polar surface area (TPSA) is 37.8 Å². The first-order valence-electron chi connectivity index (χ1n) is 3.70. The molecule has 0 aromatic carbocycles. The molecular weight excluding hydrogens is 170 g/mol. The maximum absolute atomic E-state index is 4.34. The van der Waals surface area contributed by atoms with Crippen molar-refractivity contribution in [1.82, 2.24) is 9.97 Å². The lowest BCUT2D eigenvalue weighted by Crippen LogP contribution is -1.87. The number of thiazole rings is 1. The van der Waals surface area contributed by atoms with Gasteiger partial charge in [0.05, 0.1) is 16.9 Å². The fourth-order valence-electron chi connectivity index (χ4n) is 1.07. The molecule has 0 radical (unpaired) electrons. The Kier molecular flexibility index (Phi) is 1.69. The molecule has 0 spiro atoms. The minimum absolute atomic E-state index is 0.976. The van der Waals surface area contributed by atoms with Gasteiger partial charge in [-0.15, -0.1) is 0 Å². The molecule has 0 bridgehead atoms. The van der Waals surface area contributed by atoms with E-state index in [1.807, 2.05) is 26.2 Å². The molecule has 0 aliphatic rings. The van der Waals surface area contributed by atoms with Crippen molar-refractivity contribution in [2.75, 3.05) is 12.4 Å². The second-order valence-electron chi connectivity index (χ2n) is 2.53. The summed E-state index contributed by atoms with van der Waals surface area (Å²) in [5, 5.41) is 4.09. The standard InChI is InChI=1S/C8H9N3S/c1-5-11-7-3-6(9-2)4-10-8(7)12-5/h3-4,9H,1-2H3. The van der Waals surface area contributed by atoms with Gasteiger partial charge in [0.1, 0.15) is 10.3 Å². The van der Waals surface area contributed by atoms with Crippen LogP contribution in [0.1, 0.15) is 5.01 Å². The third-order valence-corrected chi connectivity index (χ3v) is 2.54. The molecule has 12 heavy (non-hydrogen) atoms. The molecule has 3 nitrogen and oxygen atoms in total. The van der Waals surface area contributed by atoms with Crippen LogP contribution in [0, 0.1) is 6.92 Å². The Bertz CT molecular complexity index is 408. The zero-order valence-corrected chi connectivity index (χ0v) is 7.77. The van der Waals surface area contributed by atoms with E-state index < -0.39 is 0 Å². The zero-order chi connectivity index (χ0) is 8.55. The predicted octanol–water partition coefficient (Wildman–Crippen LogP) is 2.04. The smallest absolute Gasteiger partial charge is 0.143 e. The fraction of sp³-hybridized carbons (Fsp3) is 0.250. The lowest BCUT2D eigenvalue weighted by atomic mass is 10.4. The Morgan fingerprint density at radius 2 is 2.33 bits per heavy atom. The SMILES string of the molecule is CNc1cnc2sc(C)nc2c1. The van der Waals surface area contributed by atoms with Gasteiger partial charge < -0.3 is 5.32 Å². The Morgan fingerprint density at radius 1 is 1.50 bits per heavy atom. The lowest BCUT2D eigenvalue weighted by molar-refractivity contribution is 1.33. The highest BCUT2D eigenvalue weighted by atomic mass is 32.1. The number of pyridine rings is 1. The summed E-state index contributed by atoms with van der Waals surface area (Å²) in [5.41, 5.74) is 1.98. The van der Waals surface area contributed by atoms with Crippen LogP contribution in [0.2, 0.25) is 0 Å². The van der Waals surface area contributed by atoms with Crippen LogP contribution in [0.15, 0.2) is 12.3 Å². The molecule has 0 amide bonds. The summed E-state index contributed by atoms with van der Waals surface area (Å²) in [6.07, 6.45) is 1.82. The summed E-state index contributed by atoms with van der Waals surface area (Å²) in [5.74, 6) is 0. The number of nitrogens with one attached hydrogen (secondary N) is 1. The molecule has 0 atom stereocenters. The Balaban J connectivity index is 2.66. The number of anilines is 1. The van der Waals surface area contributed by atoms with E-state index in [4.69, 9.17) is 0 Å². The largest absolute Gasteiger partial charge is 0.387 e. The number of hydrogen-bond acceptors (Lipinski definition) is 4. The summed E-state index contributed by atoms with van der Waals surface area (Å²) >= 11 is 1.62. The summed E-state index contributed by atoms with van der Waals surface area (Å²) in [7, 11) is 1.88. The number of aryl methyl sites for hydroxylation is 1. The molecule has 2 aromatic heterocycles. The van der Waals surface area contributed by atoms with E-state index in [1.165, 1.54) is 0 Å². The highest BCUT2D eigenvalue weighted by Gasteiger charge is 2.01. The fourth-order valence-corrected chi connectivity index (χ4v) is 1.81. The molecular formula is C8H9N3S. The van der Waals surface area contributed by atoms with E-state index in [9.17, 15) is 0 Å². The molecule has 1 N–H and O–H groups in total. The second kappa shape index (κ2) is 2.71. The first kappa shape index (κ1) is 7.49. The highest BCUT2D eigenvalue weighted by Crippen LogP contribution is 2.21. The van der Waals surface area contributed by atoms with Gasteiger partial charge in [0, 0.05) is 7.05 Å². The average molecular weight is 179 g/mol. The maximum Gasteiger partial charge on any atom is 0.143 e. The van der Waals surface area contributed by atoms with Gasteiger partial charge in [-0.25, -0.2) is 9.97 Å². The van der Waals surface area contributed by atoms with Crippen molar-refractivity contribution in [3.8, 4) is 0 Å². The van der Waals surface area contributed by atoms with Gasteiger partial charge in [-0.2, -0.15) is 0 Å². The average Bonchev–Trinajstić information content (AvgIpc) is 2.43. The summed E-state index contributed by atoms with van der Waals surface area (Å²) in [6, 6.07) is 2.01. The third kappa shape index (κ3) is 1.14. The van der Waals surface area contributed by atoms with E-state index in [1.54, 1.807) is 11.3 Å². The van der Waals surface area contributed by atoms with Crippen molar-refractivity contribution in [2.24, 2.45) is 0 Å². The van der Waals surface area contributed by atoms with Crippen LogP contribution in [0.4, 0.5) is 5.69 Å². The molecule has 2 rings (SSSR count). The molecule has 0 aliphatic heterocycles. The summed E-state index contributed by atoms with van der Waals surface area (Å²) in [6.45, 7) is 1.99. The molecule has 0 fully saturated rings. The van der Waals surface area contributed by atoms with Crippen molar-refractivity contribution in [1.29, 1.82) is 0 Å². The molecule has 0 saturated carbocycles. The van der Waals surface area contributed by atoms with Crippen molar-refractivity contribution in [3.63, 3.8) is 0 Å². The normalized spacial score (nSPS) is 10.5. The van der Waals surface area contributed by atoms with Crippen molar-refractivity contribution in [3.05, 3.63) is 17.3 Å². The van der Waals surface area contributed by atoms with Crippen LogP contribution in [0.5, 0.6) is 0 Å². The zero-order valence-electron chi connectivity index (χ0n) is 6.96. The lowest BCUT2D eigenvalue weighted by Gasteiger charge is -1.95. The minimum Gasteiger partial charge on any atom is -0.387 e. The third-order valence-electron chi connectivity index (χ3n) is 1.64. The number of nitrogens with zero attached hydrogens (tertiary/aromatic N) is 2. The minimum atomic E-state index is 0.976. The Hall–Kier alpha value is -1.16. The van der Waals surface area contributed by atoms with E-state index in [-0.39, 0.29) is 0 Å². The Morgan fingerprint density at radius 3 is 3.08 bits per heavy atom. The molecule has 0 unspecified atom stereocenters. The summed E-state index contributed by atoms with van der Waals surface area (Å²) < 4.78 is 0. The first-order valence-corrected chi connectivity index (χ1v) is 4.52. The van der Waals surface area contributed by atoms with Gasteiger partial charge in [-0.1, -0.05) is 11.3 Å². The Labute approximate surface area is 74.5 Å². The van der Waals surface area contributed by atoms with E-state index >= 15 is 0 Å². The molecule has 0 aliphatic carbocycles. The van der Waals surface area contributed by atoms with Gasteiger partial charge in [-0.05, 0) is 13.0 Å². The first-order chi connectivity index (χ1) is 5.79. The second-order valence-corrected chi connectivity index (χ2v) is 3.71. The van der Waals surface area contributed by atoms with Crippen molar-refractivity contribution in [2.45, 2.75) is 6.92 Å². The van der Waals surface area contributed by atoms with Crippen LogP contribution in [-0.4, -0.2) is 17.0 Å². The van der Waals surface area contributed by atoms with Gasteiger partial charge >= 0.3 is 0 Å². The van der Waals surface area contributed by atoms with Gasteiger partial charge in [0.15, 0.2) is 0 Å². The van der Waals surface area contributed by atoms with Crippen LogP contribution in [-0.2, 0) is 0 Å². The predicted molar refractivity (Wildman–Crippen MR) is 51.7 cm³/mol. The number of aromatic nitrogens is 2. The molecule has 0 saturated heterocycles. The van der Waals surface area contributed by atoms with Crippen molar-refractivity contribution < 1.29 is 0 Å². The number of hydrogen-bond donors (Lipinski definition) is 1. The van der Waals surface area contributed by atoms with E-state index in [2.05, 4.69) is 15.3 Å². The van der Waals surface area contributed by atoms with Crippen LogP contribution >= 0.6 is 11.3 Å². The number of fused-ring (bicyclic) bond motifs is 1. The van der Waals surface area contributed by atoms with Crippen LogP contribution < -0.4 is 5.32 Å². The number of rotatable bonds is 1. The van der Waals surface area contributed by atoms with Gasteiger partial charge in [0.2, 0.25) is 0 Å². The summed E-state index contributed by atoms with van der Waals surface area (Å²) in [4.78, 5) is 9.61. The molecule has 2 heterocycles. The molecule has 2 aromatic rings. The van der Waals surface area contributed by atoms with Crippen LogP contribution in [0.25, 0.3) is 10.3 Å². The van der Waals surface area contributed by atoms with Gasteiger partial charge in [-0.3, -0.25) is 0 Å². The maximum atomic E-state index is 4.34. The van der Waals surface area contributed by atoms with E-state index in [0.29, 0.717) is 0 Å². The van der Waals surface area contributed by atoms with Crippen LogP contribution in [0.3, 0.4) is 0 Å². The monoisotopic (exact) mass is 179 g/mol. The quantitative estimate of drug-likeness (QED) is 0.728. The molecule has 62 valence electrons. The van der Waals surface area contributed by atoms with Gasteiger partial charge in [0.25, 0.3) is 0 Å².